The van der Waals surface area contributed by atoms with Crippen molar-refractivity contribution in [3.63, 3.8) is 0 Å². The predicted molar refractivity (Wildman–Crippen MR) is 89.8 cm³/mol. The van der Waals surface area contributed by atoms with Crippen molar-refractivity contribution < 1.29 is 19.1 Å². The van der Waals surface area contributed by atoms with Crippen LogP contribution in [0, 0.1) is 5.92 Å². The number of hydrogen-bond acceptors (Lipinski definition) is 4. The SMILES string of the molecule is CCC(C)C(NC(=O)OCc1ccccc1)C(=O)N[C@@H](C)C(N)=O. The maximum Gasteiger partial charge on any atom is 0.408 e. The van der Waals surface area contributed by atoms with Crippen LogP contribution in [0.2, 0.25) is 0 Å². The highest BCUT2D eigenvalue weighted by Gasteiger charge is 2.28. The van der Waals surface area contributed by atoms with Crippen LogP contribution in [0.15, 0.2) is 30.3 Å². The maximum absolute atomic E-state index is 12.3. The molecule has 1 rings (SSSR count). The van der Waals surface area contributed by atoms with Gasteiger partial charge in [-0.25, -0.2) is 4.79 Å². The molecule has 0 fully saturated rings. The number of alkyl carbamates (subject to hydrolysis) is 1. The molecular formula is C17H25N3O4. The molecule has 0 aliphatic carbocycles. The summed E-state index contributed by atoms with van der Waals surface area (Å²) in [6.45, 7) is 5.33. The number of nitrogens with two attached hydrogens (primary N) is 1. The van der Waals surface area contributed by atoms with Crippen LogP contribution in [0.4, 0.5) is 4.79 Å². The van der Waals surface area contributed by atoms with Crippen LogP contribution in [-0.2, 0) is 20.9 Å². The monoisotopic (exact) mass is 335 g/mol. The molecule has 0 bridgehead atoms. The minimum absolute atomic E-state index is 0.110. The van der Waals surface area contributed by atoms with Crippen molar-refractivity contribution in [2.24, 2.45) is 11.7 Å². The van der Waals surface area contributed by atoms with E-state index in [2.05, 4.69) is 10.6 Å². The number of nitrogens with one attached hydrogen (secondary N) is 2. The Morgan fingerprint density at radius 2 is 1.75 bits per heavy atom. The molecular weight excluding hydrogens is 310 g/mol. The van der Waals surface area contributed by atoms with Crippen LogP contribution in [-0.4, -0.2) is 30.0 Å². The zero-order chi connectivity index (χ0) is 18.1. The van der Waals surface area contributed by atoms with Gasteiger partial charge in [0.25, 0.3) is 0 Å². The molecule has 1 aromatic carbocycles. The number of rotatable bonds is 8. The van der Waals surface area contributed by atoms with Crippen molar-refractivity contribution in [3.8, 4) is 0 Å². The summed E-state index contributed by atoms with van der Waals surface area (Å²) in [5.74, 6) is -1.24. The van der Waals surface area contributed by atoms with Crippen molar-refractivity contribution in [3.05, 3.63) is 35.9 Å². The molecule has 0 saturated heterocycles. The van der Waals surface area contributed by atoms with E-state index in [-0.39, 0.29) is 12.5 Å². The second-order valence-electron chi connectivity index (χ2n) is 5.70. The first-order chi connectivity index (χ1) is 11.3. The molecule has 3 amide bonds. The fourth-order valence-electron chi connectivity index (χ4n) is 1.97. The lowest BCUT2D eigenvalue weighted by Gasteiger charge is -2.24. The number of benzene rings is 1. The maximum atomic E-state index is 12.3. The fourth-order valence-corrected chi connectivity index (χ4v) is 1.97. The quantitative estimate of drug-likeness (QED) is 0.665. The van der Waals surface area contributed by atoms with Gasteiger partial charge in [0.15, 0.2) is 0 Å². The van der Waals surface area contributed by atoms with Crippen LogP contribution in [0.5, 0.6) is 0 Å². The summed E-state index contributed by atoms with van der Waals surface area (Å²) in [6, 6.07) is 7.61. The van der Waals surface area contributed by atoms with E-state index in [1.165, 1.54) is 6.92 Å². The number of ether oxygens (including phenoxy) is 1. The van der Waals surface area contributed by atoms with E-state index in [9.17, 15) is 14.4 Å². The summed E-state index contributed by atoms with van der Waals surface area (Å²) in [6.07, 6.45) is -0.0202. The van der Waals surface area contributed by atoms with Gasteiger partial charge in [-0.05, 0) is 18.4 Å². The average molecular weight is 335 g/mol. The molecule has 1 aromatic rings. The Kier molecular flexibility index (Phi) is 7.74. The lowest BCUT2D eigenvalue weighted by molar-refractivity contribution is -0.129. The van der Waals surface area contributed by atoms with E-state index in [0.717, 1.165) is 5.56 Å². The minimum Gasteiger partial charge on any atom is -0.445 e. The predicted octanol–water partition coefficient (Wildman–Crippen LogP) is 1.32. The van der Waals surface area contributed by atoms with E-state index in [4.69, 9.17) is 10.5 Å². The smallest absolute Gasteiger partial charge is 0.408 e. The molecule has 132 valence electrons. The topological polar surface area (TPSA) is 111 Å². The Labute approximate surface area is 141 Å². The summed E-state index contributed by atoms with van der Waals surface area (Å²) in [7, 11) is 0. The molecule has 24 heavy (non-hydrogen) atoms. The van der Waals surface area contributed by atoms with Gasteiger partial charge in [0, 0.05) is 0 Å². The Hall–Kier alpha value is -2.57. The van der Waals surface area contributed by atoms with Crippen molar-refractivity contribution in [1.29, 1.82) is 0 Å². The van der Waals surface area contributed by atoms with Gasteiger partial charge < -0.3 is 21.1 Å². The lowest BCUT2D eigenvalue weighted by atomic mass is 9.98. The third-order valence-electron chi connectivity index (χ3n) is 3.77. The van der Waals surface area contributed by atoms with Crippen LogP contribution in [0.3, 0.4) is 0 Å². The Morgan fingerprint density at radius 3 is 2.29 bits per heavy atom. The number of hydrogen-bond donors (Lipinski definition) is 3. The summed E-state index contributed by atoms with van der Waals surface area (Å²) >= 11 is 0. The van der Waals surface area contributed by atoms with E-state index in [1.807, 2.05) is 44.2 Å². The molecule has 7 nitrogen and oxygen atoms in total. The molecule has 0 spiro atoms. The first-order valence-electron chi connectivity index (χ1n) is 7.92. The van der Waals surface area contributed by atoms with Gasteiger partial charge in [-0.2, -0.15) is 0 Å². The lowest BCUT2D eigenvalue weighted by Crippen LogP contribution is -2.54. The Morgan fingerprint density at radius 1 is 1.12 bits per heavy atom. The molecule has 0 saturated carbocycles. The van der Waals surface area contributed by atoms with Gasteiger partial charge >= 0.3 is 6.09 Å². The van der Waals surface area contributed by atoms with Gasteiger partial charge in [0.2, 0.25) is 11.8 Å². The first kappa shape index (κ1) is 19.5. The summed E-state index contributed by atoms with van der Waals surface area (Å²) in [4.78, 5) is 35.3. The summed E-state index contributed by atoms with van der Waals surface area (Å²) in [5, 5.41) is 5.05. The van der Waals surface area contributed by atoms with Crippen molar-refractivity contribution >= 4 is 17.9 Å². The van der Waals surface area contributed by atoms with E-state index in [0.29, 0.717) is 6.42 Å². The summed E-state index contributed by atoms with van der Waals surface area (Å²) in [5.41, 5.74) is 5.99. The van der Waals surface area contributed by atoms with Crippen LogP contribution in [0.25, 0.3) is 0 Å². The number of amides is 3. The van der Waals surface area contributed by atoms with Crippen LogP contribution < -0.4 is 16.4 Å². The molecule has 0 radical (unpaired) electrons. The largest absolute Gasteiger partial charge is 0.445 e. The molecule has 0 aliphatic rings. The molecule has 4 N–H and O–H groups in total. The number of carbonyl (C=O) groups excluding carboxylic acids is 3. The highest BCUT2D eigenvalue weighted by atomic mass is 16.5. The number of carbonyl (C=O) groups is 3. The highest BCUT2D eigenvalue weighted by molar-refractivity contribution is 5.90. The van der Waals surface area contributed by atoms with Gasteiger partial charge in [-0.1, -0.05) is 50.6 Å². The Balaban J connectivity index is 2.63. The van der Waals surface area contributed by atoms with Crippen molar-refractivity contribution in [1.82, 2.24) is 10.6 Å². The van der Waals surface area contributed by atoms with E-state index < -0.39 is 30.0 Å². The average Bonchev–Trinajstić information content (AvgIpc) is 2.57. The van der Waals surface area contributed by atoms with Gasteiger partial charge in [0.05, 0.1) is 0 Å². The third-order valence-corrected chi connectivity index (χ3v) is 3.77. The highest BCUT2D eigenvalue weighted by Crippen LogP contribution is 2.09. The molecule has 3 atom stereocenters. The first-order valence-corrected chi connectivity index (χ1v) is 7.92. The van der Waals surface area contributed by atoms with Gasteiger partial charge in [0.1, 0.15) is 18.7 Å². The molecule has 2 unspecified atom stereocenters. The molecule has 0 aromatic heterocycles. The molecule has 7 heteroatoms. The van der Waals surface area contributed by atoms with Gasteiger partial charge in [-0.3, -0.25) is 9.59 Å². The minimum atomic E-state index is -0.814. The van der Waals surface area contributed by atoms with Gasteiger partial charge in [-0.15, -0.1) is 0 Å². The summed E-state index contributed by atoms with van der Waals surface area (Å²) < 4.78 is 5.13. The third kappa shape index (κ3) is 6.28. The molecule has 0 heterocycles. The Bertz CT molecular complexity index is 562. The standard InChI is InChI=1S/C17H25N3O4/c1-4-11(2)14(16(22)19-12(3)15(18)21)20-17(23)24-10-13-8-6-5-7-9-13/h5-9,11-12,14H,4,10H2,1-3H3,(H2,18,21)(H,19,22)(H,20,23)/t11?,12-,14?/m0/s1. The van der Waals surface area contributed by atoms with E-state index in [1.54, 1.807) is 0 Å². The zero-order valence-electron chi connectivity index (χ0n) is 14.2. The normalized spacial score (nSPS) is 14.1. The van der Waals surface area contributed by atoms with Crippen LogP contribution >= 0.6 is 0 Å². The second kappa shape index (κ2) is 9.54. The number of primary amides is 1. The van der Waals surface area contributed by atoms with Crippen LogP contribution in [0.1, 0.15) is 32.8 Å². The molecule has 0 aliphatic heterocycles. The van der Waals surface area contributed by atoms with E-state index >= 15 is 0 Å². The van der Waals surface area contributed by atoms with Crippen molar-refractivity contribution in [2.75, 3.05) is 0 Å². The second-order valence-corrected chi connectivity index (χ2v) is 5.70. The van der Waals surface area contributed by atoms with Crippen molar-refractivity contribution in [2.45, 2.75) is 45.9 Å². The fraction of sp³-hybridized carbons (Fsp3) is 0.471. The zero-order valence-corrected chi connectivity index (χ0v) is 14.2.